The van der Waals surface area contributed by atoms with E-state index in [1.165, 1.54) is 56.4 Å². The molecule has 0 radical (unpaired) electrons. The lowest BCUT2D eigenvalue weighted by Gasteiger charge is -2.42. The van der Waals surface area contributed by atoms with Crippen molar-refractivity contribution in [2.75, 3.05) is 23.7 Å². The molecule has 1 aromatic rings. The number of piperidine rings is 1. The Morgan fingerprint density at radius 2 is 1.89 bits per heavy atom. The zero-order valence-electron chi connectivity index (χ0n) is 11.4. The normalized spacial score (nSPS) is 27.9. The molecule has 3 rings (SSSR count). The first-order valence-electron chi connectivity index (χ1n) is 7.35. The van der Waals surface area contributed by atoms with E-state index < -0.39 is 0 Å². The van der Waals surface area contributed by atoms with Gasteiger partial charge in [0.1, 0.15) is 0 Å². The lowest BCUT2D eigenvalue weighted by atomic mass is 9.75. The number of nitrogen functional groups attached to an aromatic ring is 1. The highest BCUT2D eigenvalue weighted by atomic mass is 15.1. The molecule has 2 aliphatic rings. The van der Waals surface area contributed by atoms with Crippen molar-refractivity contribution in [1.82, 2.24) is 0 Å². The summed E-state index contributed by atoms with van der Waals surface area (Å²) in [4.78, 5) is 2.54. The second kappa shape index (κ2) is 4.83. The smallest absolute Gasteiger partial charge is 0.0387 e. The van der Waals surface area contributed by atoms with Gasteiger partial charge in [0.05, 0.1) is 0 Å². The van der Waals surface area contributed by atoms with Gasteiger partial charge < -0.3 is 10.6 Å². The van der Waals surface area contributed by atoms with E-state index in [-0.39, 0.29) is 0 Å². The first kappa shape index (κ1) is 11.9. The van der Waals surface area contributed by atoms with Gasteiger partial charge in [0, 0.05) is 24.5 Å². The highest BCUT2D eigenvalue weighted by Gasteiger charge is 2.31. The lowest BCUT2D eigenvalue weighted by Crippen LogP contribution is -2.41. The van der Waals surface area contributed by atoms with Crippen LogP contribution in [0.25, 0.3) is 0 Å². The first-order valence-corrected chi connectivity index (χ1v) is 7.35. The highest BCUT2D eigenvalue weighted by molar-refractivity contribution is 5.60. The summed E-state index contributed by atoms with van der Waals surface area (Å²) in [5, 5.41) is 0. The summed E-state index contributed by atoms with van der Waals surface area (Å²) in [6, 6.07) is 6.53. The standard InChI is InChI=1S/C16H24N2/c1-12-6-7-15(10-16(12)17)18-9-8-13-4-2-3-5-14(13)11-18/h6-7,10,13-14H,2-5,8-9,11,17H2,1H3. The van der Waals surface area contributed by atoms with E-state index in [1.54, 1.807) is 0 Å². The Bertz CT molecular complexity index is 427. The van der Waals surface area contributed by atoms with Crippen molar-refractivity contribution in [3.63, 3.8) is 0 Å². The SMILES string of the molecule is Cc1ccc(N2CCC3CCCCC3C2)cc1N. The van der Waals surface area contributed by atoms with Crippen molar-refractivity contribution >= 4 is 11.4 Å². The van der Waals surface area contributed by atoms with Gasteiger partial charge in [0.25, 0.3) is 0 Å². The number of fused-ring (bicyclic) bond motifs is 1. The van der Waals surface area contributed by atoms with Crippen LogP contribution in [0.3, 0.4) is 0 Å². The Morgan fingerprint density at radius 1 is 1.11 bits per heavy atom. The minimum Gasteiger partial charge on any atom is -0.398 e. The molecule has 1 saturated carbocycles. The summed E-state index contributed by atoms with van der Waals surface area (Å²) >= 11 is 0. The molecule has 2 unspecified atom stereocenters. The molecule has 2 fully saturated rings. The van der Waals surface area contributed by atoms with E-state index >= 15 is 0 Å². The van der Waals surface area contributed by atoms with Gasteiger partial charge >= 0.3 is 0 Å². The Morgan fingerprint density at radius 3 is 2.67 bits per heavy atom. The fraction of sp³-hybridized carbons (Fsp3) is 0.625. The zero-order valence-corrected chi connectivity index (χ0v) is 11.4. The highest BCUT2D eigenvalue weighted by Crippen LogP contribution is 2.37. The number of benzene rings is 1. The third-order valence-electron chi connectivity index (χ3n) is 4.92. The molecule has 98 valence electrons. The number of nitrogens with two attached hydrogens (primary N) is 1. The molecule has 1 heterocycles. The van der Waals surface area contributed by atoms with E-state index in [1.807, 2.05) is 0 Å². The van der Waals surface area contributed by atoms with Gasteiger partial charge in [0.15, 0.2) is 0 Å². The number of anilines is 2. The molecule has 0 amide bonds. The van der Waals surface area contributed by atoms with Crippen molar-refractivity contribution in [3.05, 3.63) is 23.8 Å². The number of rotatable bonds is 1. The third kappa shape index (κ3) is 2.21. The predicted octanol–water partition coefficient (Wildman–Crippen LogP) is 3.59. The quantitative estimate of drug-likeness (QED) is 0.765. The molecule has 1 aromatic carbocycles. The Kier molecular flexibility index (Phi) is 3.19. The molecule has 1 aliphatic heterocycles. The molecular weight excluding hydrogens is 220 g/mol. The largest absolute Gasteiger partial charge is 0.398 e. The van der Waals surface area contributed by atoms with Gasteiger partial charge in [-0.25, -0.2) is 0 Å². The molecule has 2 atom stereocenters. The van der Waals surface area contributed by atoms with Gasteiger partial charge in [-0.2, -0.15) is 0 Å². The second-order valence-corrected chi connectivity index (χ2v) is 6.08. The third-order valence-corrected chi connectivity index (χ3v) is 4.92. The second-order valence-electron chi connectivity index (χ2n) is 6.08. The fourth-order valence-corrected chi connectivity index (χ4v) is 3.66. The van der Waals surface area contributed by atoms with Crippen molar-refractivity contribution in [3.8, 4) is 0 Å². The summed E-state index contributed by atoms with van der Waals surface area (Å²) in [7, 11) is 0. The summed E-state index contributed by atoms with van der Waals surface area (Å²) in [5.41, 5.74) is 9.47. The molecule has 2 N–H and O–H groups in total. The minimum absolute atomic E-state index is 0.926. The number of nitrogens with zero attached hydrogens (tertiary/aromatic N) is 1. The zero-order chi connectivity index (χ0) is 12.5. The van der Waals surface area contributed by atoms with E-state index in [0.29, 0.717) is 0 Å². The Balaban J connectivity index is 1.75. The van der Waals surface area contributed by atoms with E-state index in [2.05, 4.69) is 30.0 Å². The maximum Gasteiger partial charge on any atom is 0.0387 e. The summed E-state index contributed by atoms with van der Waals surface area (Å²) < 4.78 is 0. The predicted molar refractivity (Wildman–Crippen MR) is 77.9 cm³/mol. The maximum atomic E-state index is 6.03. The van der Waals surface area contributed by atoms with Crippen LogP contribution in [0.15, 0.2) is 18.2 Å². The summed E-state index contributed by atoms with van der Waals surface area (Å²) in [6.07, 6.45) is 7.17. The molecule has 0 aromatic heterocycles. The van der Waals surface area contributed by atoms with Gasteiger partial charge in [-0.05, 0) is 49.3 Å². The molecular formula is C16H24N2. The van der Waals surface area contributed by atoms with E-state index in [9.17, 15) is 0 Å². The molecule has 0 bridgehead atoms. The van der Waals surface area contributed by atoms with Crippen LogP contribution in [0.1, 0.15) is 37.7 Å². The summed E-state index contributed by atoms with van der Waals surface area (Å²) in [5.74, 6) is 1.92. The van der Waals surface area contributed by atoms with Crippen molar-refractivity contribution in [2.45, 2.75) is 39.0 Å². The molecule has 2 heteroatoms. The van der Waals surface area contributed by atoms with Crippen LogP contribution in [0.5, 0.6) is 0 Å². The molecule has 0 spiro atoms. The van der Waals surface area contributed by atoms with Gasteiger partial charge in [-0.15, -0.1) is 0 Å². The van der Waals surface area contributed by atoms with Crippen LogP contribution in [-0.4, -0.2) is 13.1 Å². The van der Waals surface area contributed by atoms with Crippen LogP contribution in [0.2, 0.25) is 0 Å². The summed E-state index contributed by atoms with van der Waals surface area (Å²) in [6.45, 7) is 4.53. The van der Waals surface area contributed by atoms with Gasteiger partial charge in [0.2, 0.25) is 0 Å². The van der Waals surface area contributed by atoms with Crippen molar-refractivity contribution in [1.29, 1.82) is 0 Å². The van der Waals surface area contributed by atoms with Gasteiger partial charge in [-0.1, -0.05) is 25.3 Å². The number of hydrogen-bond acceptors (Lipinski definition) is 2. The monoisotopic (exact) mass is 244 g/mol. The van der Waals surface area contributed by atoms with Crippen molar-refractivity contribution in [2.24, 2.45) is 11.8 Å². The molecule has 1 aliphatic carbocycles. The van der Waals surface area contributed by atoms with Crippen LogP contribution in [0, 0.1) is 18.8 Å². The number of aryl methyl sites for hydroxylation is 1. The van der Waals surface area contributed by atoms with Crippen LogP contribution in [-0.2, 0) is 0 Å². The van der Waals surface area contributed by atoms with Gasteiger partial charge in [-0.3, -0.25) is 0 Å². The average Bonchev–Trinajstić information content (AvgIpc) is 2.41. The maximum absolute atomic E-state index is 6.03. The Hall–Kier alpha value is -1.18. The topological polar surface area (TPSA) is 29.3 Å². The molecule has 1 saturated heterocycles. The van der Waals surface area contributed by atoms with E-state index in [4.69, 9.17) is 5.73 Å². The van der Waals surface area contributed by atoms with Crippen LogP contribution >= 0.6 is 0 Å². The van der Waals surface area contributed by atoms with E-state index in [0.717, 1.165) is 17.5 Å². The fourth-order valence-electron chi connectivity index (χ4n) is 3.66. The van der Waals surface area contributed by atoms with Crippen molar-refractivity contribution < 1.29 is 0 Å². The lowest BCUT2D eigenvalue weighted by molar-refractivity contribution is 0.202. The minimum atomic E-state index is 0.926. The van der Waals surface area contributed by atoms with Crippen LogP contribution in [0.4, 0.5) is 11.4 Å². The first-order chi connectivity index (χ1) is 8.74. The van der Waals surface area contributed by atoms with Crippen LogP contribution < -0.4 is 10.6 Å². The Labute approximate surface area is 110 Å². The average molecular weight is 244 g/mol. The molecule has 2 nitrogen and oxygen atoms in total. The molecule has 18 heavy (non-hydrogen) atoms. The number of hydrogen-bond donors (Lipinski definition) is 1.